The number of nitrogens with one attached hydrogen (secondary N) is 1. The largest absolute Gasteiger partial charge is 0.346 e. The van der Waals surface area contributed by atoms with Crippen LogP contribution in [0.1, 0.15) is 45.1 Å². The highest BCUT2D eigenvalue weighted by Crippen LogP contribution is 2.24. The van der Waals surface area contributed by atoms with Gasteiger partial charge in [-0.2, -0.15) is 0 Å². The summed E-state index contributed by atoms with van der Waals surface area (Å²) in [4.78, 5) is 0. The predicted octanol–water partition coefficient (Wildman–Crippen LogP) is 4.37. The first-order valence-electron chi connectivity index (χ1n) is 8.59. The van der Waals surface area contributed by atoms with Crippen molar-refractivity contribution in [3.05, 3.63) is 36.0 Å². The topological polar surface area (TPSA) is 17.0 Å². The molecular formula is C19H28N2. The van der Waals surface area contributed by atoms with Crippen molar-refractivity contribution in [3.63, 3.8) is 0 Å². The van der Waals surface area contributed by atoms with E-state index in [0.29, 0.717) is 0 Å². The lowest BCUT2D eigenvalue weighted by atomic mass is 9.86. The fourth-order valence-electron chi connectivity index (χ4n) is 3.80. The lowest BCUT2D eigenvalue weighted by molar-refractivity contribution is 0.279. The summed E-state index contributed by atoms with van der Waals surface area (Å²) in [6, 6.07) is 9.63. The molecule has 1 heterocycles. The number of para-hydroxylation sites is 1. The Labute approximate surface area is 128 Å². The van der Waals surface area contributed by atoms with Gasteiger partial charge in [0.25, 0.3) is 0 Å². The van der Waals surface area contributed by atoms with E-state index in [0.717, 1.165) is 31.5 Å². The third-order valence-electron chi connectivity index (χ3n) is 5.12. The fraction of sp³-hybridized carbons (Fsp3) is 0.579. The summed E-state index contributed by atoms with van der Waals surface area (Å²) in [7, 11) is 0. The number of hydrogen-bond donors (Lipinski definition) is 1. The minimum atomic E-state index is 0.728. The summed E-state index contributed by atoms with van der Waals surface area (Å²) in [5.41, 5.74) is 2.89. The summed E-state index contributed by atoms with van der Waals surface area (Å²) in [5.74, 6) is 0.839. The predicted molar refractivity (Wildman–Crippen MR) is 90.7 cm³/mol. The smallest absolute Gasteiger partial charge is 0.0513 e. The number of rotatable bonds is 5. The molecule has 1 aromatic carbocycles. The van der Waals surface area contributed by atoms with Crippen molar-refractivity contribution in [2.24, 2.45) is 5.92 Å². The molecule has 0 amide bonds. The van der Waals surface area contributed by atoms with Crippen molar-refractivity contribution in [2.45, 2.75) is 58.5 Å². The molecule has 1 aliphatic carbocycles. The highest BCUT2D eigenvalue weighted by Gasteiger charge is 2.20. The molecule has 2 unspecified atom stereocenters. The number of nitrogens with zero attached hydrogens (tertiary/aromatic N) is 1. The molecule has 1 aromatic heterocycles. The molecule has 114 valence electrons. The molecule has 0 radical (unpaired) electrons. The summed E-state index contributed by atoms with van der Waals surface area (Å²) in [6.07, 6.45) is 8.91. The fourth-order valence-corrected chi connectivity index (χ4v) is 3.80. The van der Waals surface area contributed by atoms with Crippen molar-refractivity contribution < 1.29 is 0 Å². The van der Waals surface area contributed by atoms with Crippen LogP contribution in [0.25, 0.3) is 10.9 Å². The zero-order valence-electron chi connectivity index (χ0n) is 13.4. The Balaban J connectivity index is 1.65. The third kappa shape index (κ3) is 3.16. The maximum atomic E-state index is 3.79. The van der Waals surface area contributed by atoms with E-state index in [1.165, 1.54) is 42.1 Å². The zero-order valence-corrected chi connectivity index (χ0v) is 13.4. The Morgan fingerprint density at radius 3 is 2.86 bits per heavy atom. The average molecular weight is 284 g/mol. The molecule has 0 aliphatic heterocycles. The van der Waals surface area contributed by atoms with Gasteiger partial charge in [0, 0.05) is 25.3 Å². The molecule has 2 heteroatoms. The first-order chi connectivity index (χ1) is 10.3. The Bertz CT molecular complexity index is 584. The summed E-state index contributed by atoms with van der Waals surface area (Å²) in [5, 5.41) is 5.17. The monoisotopic (exact) mass is 284 g/mol. The molecule has 1 aliphatic rings. The molecule has 2 nitrogen and oxygen atoms in total. The van der Waals surface area contributed by atoms with Crippen molar-refractivity contribution in [1.29, 1.82) is 0 Å². The van der Waals surface area contributed by atoms with Crippen molar-refractivity contribution in [1.82, 2.24) is 9.88 Å². The van der Waals surface area contributed by atoms with Crippen LogP contribution in [0.15, 0.2) is 30.5 Å². The van der Waals surface area contributed by atoms with E-state index in [9.17, 15) is 0 Å². The Kier molecular flexibility index (Phi) is 4.64. The SMILES string of the molecule is CCc1cccc2ccn(CCNC3CCCCC3C)c12. The van der Waals surface area contributed by atoms with Crippen LogP contribution in [-0.4, -0.2) is 17.2 Å². The van der Waals surface area contributed by atoms with Gasteiger partial charge in [-0.15, -0.1) is 0 Å². The van der Waals surface area contributed by atoms with E-state index in [-0.39, 0.29) is 0 Å². The minimum absolute atomic E-state index is 0.728. The van der Waals surface area contributed by atoms with Gasteiger partial charge in [0.2, 0.25) is 0 Å². The normalized spacial score (nSPS) is 22.8. The lowest BCUT2D eigenvalue weighted by Crippen LogP contribution is -2.38. The Morgan fingerprint density at radius 1 is 1.19 bits per heavy atom. The quantitative estimate of drug-likeness (QED) is 0.862. The summed E-state index contributed by atoms with van der Waals surface area (Å²) >= 11 is 0. The van der Waals surface area contributed by atoms with Crippen molar-refractivity contribution in [3.8, 4) is 0 Å². The maximum absolute atomic E-state index is 3.79. The molecule has 1 N–H and O–H groups in total. The number of hydrogen-bond acceptors (Lipinski definition) is 1. The number of aryl methyl sites for hydroxylation is 1. The Hall–Kier alpha value is -1.28. The van der Waals surface area contributed by atoms with Crippen molar-refractivity contribution >= 4 is 10.9 Å². The zero-order chi connectivity index (χ0) is 14.7. The molecular weight excluding hydrogens is 256 g/mol. The van der Waals surface area contributed by atoms with Gasteiger partial charge < -0.3 is 9.88 Å². The highest BCUT2D eigenvalue weighted by atomic mass is 15.0. The molecule has 1 saturated carbocycles. The van der Waals surface area contributed by atoms with Gasteiger partial charge in [-0.25, -0.2) is 0 Å². The van der Waals surface area contributed by atoms with Gasteiger partial charge in [0.05, 0.1) is 5.52 Å². The highest BCUT2D eigenvalue weighted by molar-refractivity contribution is 5.83. The average Bonchev–Trinajstić information content (AvgIpc) is 2.92. The van der Waals surface area contributed by atoms with Crippen LogP contribution in [0.5, 0.6) is 0 Å². The van der Waals surface area contributed by atoms with Crippen LogP contribution in [-0.2, 0) is 13.0 Å². The van der Waals surface area contributed by atoms with Gasteiger partial charge >= 0.3 is 0 Å². The second kappa shape index (κ2) is 6.65. The molecule has 0 bridgehead atoms. The van der Waals surface area contributed by atoms with Crippen LogP contribution in [0.3, 0.4) is 0 Å². The molecule has 1 fully saturated rings. The van der Waals surface area contributed by atoms with E-state index in [1.807, 2.05) is 0 Å². The second-order valence-electron chi connectivity index (χ2n) is 6.54. The van der Waals surface area contributed by atoms with E-state index < -0.39 is 0 Å². The van der Waals surface area contributed by atoms with Gasteiger partial charge in [-0.05, 0) is 42.2 Å². The standard InChI is InChI=1S/C19H28N2/c1-3-16-8-6-9-17-11-13-21(19(16)17)14-12-20-18-10-5-4-7-15(18)2/h6,8-9,11,13,15,18,20H,3-5,7,10,12,14H2,1-2H3. The molecule has 2 aromatic rings. The molecule has 0 spiro atoms. The van der Waals surface area contributed by atoms with Crippen molar-refractivity contribution in [2.75, 3.05) is 6.54 Å². The number of benzene rings is 1. The van der Waals surface area contributed by atoms with Gasteiger partial charge in [-0.1, -0.05) is 44.9 Å². The van der Waals surface area contributed by atoms with Gasteiger partial charge in [-0.3, -0.25) is 0 Å². The third-order valence-corrected chi connectivity index (χ3v) is 5.12. The lowest BCUT2D eigenvalue weighted by Gasteiger charge is -2.29. The first kappa shape index (κ1) is 14.6. The number of aromatic nitrogens is 1. The molecule has 3 rings (SSSR count). The van der Waals surface area contributed by atoms with E-state index in [1.54, 1.807) is 0 Å². The Morgan fingerprint density at radius 2 is 2.05 bits per heavy atom. The van der Waals surface area contributed by atoms with E-state index in [2.05, 4.69) is 54.2 Å². The van der Waals surface area contributed by atoms with Gasteiger partial charge in [0.1, 0.15) is 0 Å². The first-order valence-corrected chi connectivity index (χ1v) is 8.59. The molecule has 0 saturated heterocycles. The van der Waals surface area contributed by atoms with E-state index in [4.69, 9.17) is 0 Å². The summed E-state index contributed by atoms with van der Waals surface area (Å²) < 4.78 is 2.43. The minimum Gasteiger partial charge on any atom is -0.346 e. The van der Waals surface area contributed by atoms with Gasteiger partial charge in [0.15, 0.2) is 0 Å². The molecule has 21 heavy (non-hydrogen) atoms. The van der Waals surface area contributed by atoms with Crippen LogP contribution < -0.4 is 5.32 Å². The summed E-state index contributed by atoms with van der Waals surface area (Å²) in [6.45, 7) is 6.80. The number of fused-ring (bicyclic) bond motifs is 1. The van der Waals surface area contributed by atoms with Crippen LogP contribution in [0.2, 0.25) is 0 Å². The second-order valence-corrected chi connectivity index (χ2v) is 6.54. The maximum Gasteiger partial charge on any atom is 0.0513 e. The van der Waals surface area contributed by atoms with Crippen LogP contribution in [0.4, 0.5) is 0 Å². The van der Waals surface area contributed by atoms with Crippen LogP contribution in [0, 0.1) is 5.92 Å². The van der Waals surface area contributed by atoms with Crippen LogP contribution >= 0.6 is 0 Å². The molecule has 2 atom stereocenters. The van der Waals surface area contributed by atoms with E-state index >= 15 is 0 Å².